The van der Waals surface area contributed by atoms with Crippen LogP contribution in [0, 0.1) is 13.8 Å². The second kappa shape index (κ2) is 6.23. The van der Waals surface area contributed by atoms with Crippen molar-refractivity contribution in [1.82, 2.24) is 0 Å². The Morgan fingerprint density at radius 3 is 2.56 bits per heavy atom. The van der Waals surface area contributed by atoms with Crippen LogP contribution in [0.25, 0.3) is 21.5 Å². The summed E-state index contributed by atoms with van der Waals surface area (Å²) in [6, 6.07) is 11.2. The van der Waals surface area contributed by atoms with Crippen molar-refractivity contribution in [2.45, 2.75) is 27.2 Å². The molecule has 0 heterocycles. The monoisotopic (exact) mass is 359 g/mol. The number of hydrogen-bond donors (Lipinski definition) is 1. The summed E-state index contributed by atoms with van der Waals surface area (Å²) in [4.78, 5) is 24.6. The maximum absolute atomic E-state index is 12.8. The molecule has 4 rings (SSSR count). The van der Waals surface area contributed by atoms with Crippen LogP contribution in [0.5, 0.6) is 5.75 Å². The zero-order chi connectivity index (χ0) is 19.3. The van der Waals surface area contributed by atoms with E-state index in [9.17, 15) is 9.59 Å². The molecule has 0 spiro atoms. The highest BCUT2D eigenvalue weighted by Crippen LogP contribution is 2.36. The van der Waals surface area contributed by atoms with Crippen LogP contribution >= 0.6 is 0 Å². The van der Waals surface area contributed by atoms with E-state index in [0.717, 1.165) is 45.3 Å². The number of hydrogen-bond acceptors (Lipinski definition) is 3. The molecule has 0 saturated carbocycles. The van der Waals surface area contributed by atoms with Crippen molar-refractivity contribution in [3.63, 3.8) is 0 Å². The Hall–Kier alpha value is -3.14. The fraction of sp³-hybridized carbons (Fsp3) is 0.217. The standard InChI is InChI=1S/C23H21NO3/c1-5-14-18(24-23(26)17-8-6-7-16-21(17)22(16)25)10-9-15-13(3)19(27-4)11-12(2)20(14)15/h6-11H,5H2,1-4H3,(H,24,26). The van der Waals surface area contributed by atoms with E-state index in [2.05, 4.69) is 19.2 Å². The fourth-order valence-corrected chi connectivity index (χ4v) is 3.93. The predicted octanol–water partition coefficient (Wildman–Crippen LogP) is 4.67. The highest BCUT2D eigenvalue weighted by molar-refractivity contribution is 6.18. The van der Waals surface area contributed by atoms with E-state index in [4.69, 9.17) is 4.74 Å². The number of nitrogens with one attached hydrogen (secondary N) is 1. The number of fused-ring (bicyclic) bond motifs is 2. The van der Waals surface area contributed by atoms with Crippen LogP contribution in [0.3, 0.4) is 0 Å². The number of aryl methyl sites for hydroxylation is 3. The van der Waals surface area contributed by atoms with Crippen LogP contribution in [0.2, 0.25) is 0 Å². The highest BCUT2D eigenvalue weighted by atomic mass is 16.5. The minimum absolute atomic E-state index is 0.0297. The first-order valence-electron chi connectivity index (χ1n) is 9.06. The summed E-state index contributed by atoms with van der Waals surface area (Å²) in [7, 11) is 1.68. The first-order chi connectivity index (χ1) is 13.0. The van der Waals surface area contributed by atoms with Gasteiger partial charge in [0.05, 0.1) is 12.7 Å². The van der Waals surface area contributed by atoms with Crippen LogP contribution in [0.4, 0.5) is 5.69 Å². The molecule has 0 aliphatic rings. The Kier molecular flexibility index (Phi) is 3.99. The summed E-state index contributed by atoms with van der Waals surface area (Å²) in [6.45, 7) is 6.19. The number of anilines is 1. The molecule has 1 amide bonds. The quantitative estimate of drug-likeness (QED) is 0.576. The summed E-state index contributed by atoms with van der Waals surface area (Å²) >= 11 is 0. The molecule has 0 saturated heterocycles. The SMILES string of the molecule is CCc1c(NC(=O)c2cccc3c(=O)c23)ccc2c(C)c(OC)cc(C)c12. The summed E-state index contributed by atoms with van der Waals surface area (Å²) in [5, 5.41) is 6.49. The third-order valence-corrected chi connectivity index (χ3v) is 5.37. The number of carbonyl (C=O) groups is 1. The van der Waals surface area contributed by atoms with Crippen LogP contribution in [-0.4, -0.2) is 13.0 Å². The number of methoxy groups -OCH3 is 1. The smallest absolute Gasteiger partial charge is 0.256 e. The summed E-state index contributed by atoms with van der Waals surface area (Å²) in [5.41, 5.74) is 4.49. The van der Waals surface area contributed by atoms with Crippen molar-refractivity contribution >= 4 is 33.1 Å². The van der Waals surface area contributed by atoms with Gasteiger partial charge in [-0.1, -0.05) is 25.1 Å². The molecule has 4 aromatic carbocycles. The maximum atomic E-state index is 12.8. The van der Waals surface area contributed by atoms with Crippen molar-refractivity contribution in [3.8, 4) is 5.75 Å². The molecule has 4 heteroatoms. The number of amides is 1. The minimum Gasteiger partial charge on any atom is -0.496 e. The zero-order valence-corrected chi connectivity index (χ0v) is 15.9. The lowest BCUT2D eigenvalue weighted by molar-refractivity contribution is 0.102. The van der Waals surface area contributed by atoms with Gasteiger partial charge in [0.2, 0.25) is 0 Å². The van der Waals surface area contributed by atoms with Crippen LogP contribution in [0.1, 0.15) is 34.0 Å². The van der Waals surface area contributed by atoms with Gasteiger partial charge in [0, 0.05) is 16.5 Å². The van der Waals surface area contributed by atoms with E-state index in [1.165, 1.54) is 0 Å². The van der Waals surface area contributed by atoms with Crippen molar-refractivity contribution < 1.29 is 9.53 Å². The summed E-state index contributed by atoms with van der Waals surface area (Å²) < 4.78 is 5.49. The number of ether oxygens (including phenoxy) is 1. The van der Waals surface area contributed by atoms with E-state index in [1.807, 2.05) is 25.1 Å². The fourth-order valence-electron chi connectivity index (χ4n) is 3.93. The first kappa shape index (κ1) is 17.3. The molecular weight excluding hydrogens is 338 g/mol. The van der Waals surface area contributed by atoms with Crippen molar-refractivity contribution in [2.75, 3.05) is 12.4 Å². The molecule has 0 atom stereocenters. The van der Waals surface area contributed by atoms with Crippen LogP contribution in [-0.2, 0) is 6.42 Å². The zero-order valence-electron chi connectivity index (χ0n) is 15.9. The summed E-state index contributed by atoms with van der Waals surface area (Å²) in [5.74, 6) is 0.624. The topological polar surface area (TPSA) is 55.4 Å². The van der Waals surface area contributed by atoms with Gasteiger partial charge < -0.3 is 10.1 Å². The molecule has 0 radical (unpaired) electrons. The van der Waals surface area contributed by atoms with E-state index < -0.39 is 0 Å². The average Bonchev–Trinajstić information content (AvgIpc) is 3.34. The van der Waals surface area contributed by atoms with E-state index in [-0.39, 0.29) is 11.3 Å². The molecule has 0 aromatic heterocycles. The van der Waals surface area contributed by atoms with Gasteiger partial charge in [-0.25, -0.2) is 0 Å². The average molecular weight is 359 g/mol. The lowest BCUT2D eigenvalue weighted by Gasteiger charge is -2.18. The van der Waals surface area contributed by atoms with Crippen molar-refractivity contribution in [1.29, 1.82) is 0 Å². The first-order valence-corrected chi connectivity index (χ1v) is 9.06. The largest absolute Gasteiger partial charge is 0.496 e. The van der Waals surface area contributed by atoms with Gasteiger partial charge in [-0.2, -0.15) is 0 Å². The van der Waals surface area contributed by atoms with E-state index in [0.29, 0.717) is 16.3 Å². The molecule has 136 valence electrons. The number of carbonyl (C=O) groups excluding carboxylic acids is 1. The Balaban J connectivity index is 1.82. The van der Waals surface area contributed by atoms with Gasteiger partial charge in [0.25, 0.3) is 5.91 Å². The van der Waals surface area contributed by atoms with E-state index in [1.54, 1.807) is 25.3 Å². The highest BCUT2D eigenvalue weighted by Gasteiger charge is 2.22. The lowest BCUT2D eigenvalue weighted by atomic mass is 9.93. The predicted molar refractivity (Wildman–Crippen MR) is 110 cm³/mol. The Bertz CT molecular complexity index is 1230. The van der Waals surface area contributed by atoms with Gasteiger partial charge in [-0.3, -0.25) is 9.59 Å². The molecular formula is C23H21NO3. The van der Waals surface area contributed by atoms with E-state index >= 15 is 0 Å². The van der Waals surface area contributed by atoms with Crippen LogP contribution in [0.15, 0.2) is 41.2 Å². The normalized spacial score (nSPS) is 11.4. The van der Waals surface area contributed by atoms with Gasteiger partial charge in [0.1, 0.15) is 5.75 Å². The van der Waals surface area contributed by atoms with Gasteiger partial charge >= 0.3 is 0 Å². The molecule has 4 nitrogen and oxygen atoms in total. The second-order valence-corrected chi connectivity index (χ2v) is 6.90. The Labute approximate surface area is 157 Å². The number of benzene rings is 3. The van der Waals surface area contributed by atoms with Gasteiger partial charge in [-0.05, 0) is 65.9 Å². The van der Waals surface area contributed by atoms with Crippen molar-refractivity contribution in [3.05, 3.63) is 68.9 Å². The molecule has 0 bridgehead atoms. The third kappa shape index (κ3) is 2.60. The van der Waals surface area contributed by atoms with Gasteiger partial charge in [-0.15, -0.1) is 0 Å². The number of rotatable bonds is 4. The minimum atomic E-state index is -0.241. The molecule has 27 heavy (non-hydrogen) atoms. The molecule has 4 aromatic rings. The summed E-state index contributed by atoms with van der Waals surface area (Å²) in [6.07, 6.45) is 0.783. The molecule has 1 N–H and O–H groups in total. The molecule has 0 aliphatic heterocycles. The van der Waals surface area contributed by atoms with Crippen molar-refractivity contribution in [2.24, 2.45) is 0 Å². The molecule has 0 aliphatic carbocycles. The van der Waals surface area contributed by atoms with Gasteiger partial charge in [0.15, 0.2) is 5.43 Å². The lowest BCUT2D eigenvalue weighted by Crippen LogP contribution is -2.13. The maximum Gasteiger partial charge on any atom is 0.256 e. The molecule has 0 unspecified atom stereocenters. The Morgan fingerprint density at radius 1 is 1.07 bits per heavy atom. The van der Waals surface area contributed by atoms with Crippen LogP contribution < -0.4 is 15.5 Å². The second-order valence-electron chi connectivity index (χ2n) is 6.90. The molecule has 0 fully saturated rings. The Morgan fingerprint density at radius 2 is 1.85 bits per heavy atom. The third-order valence-electron chi connectivity index (χ3n) is 5.37.